The molecule has 2 aromatic carbocycles. The van der Waals surface area contributed by atoms with Gasteiger partial charge in [0.05, 0.1) is 36.1 Å². The molecular weight excluding hydrogens is 452 g/mol. The van der Waals surface area contributed by atoms with Crippen LogP contribution in [0.5, 0.6) is 11.5 Å². The first-order chi connectivity index (χ1) is 16.9. The van der Waals surface area contributed by atoms with E-state index in [9.17, 15) is 20.0 Å². The maximum atomic E-state index is 11.7. The Hall–Kier alpha value is -4.99. The number of nitro groups is 1. The van der Waals surface area contributed by atoms with Gasteiger partial charge in [-0.3, -0.25) is 10.1 Å². The number of carboxylic acids is 1. The van der Waals surface area contributed by atoms with Crippen molar-refractivity contribution in [3.8, 4) is 28.4 Å². The number of ether oxygens (including phenoxy) is 2. The molecule has 0 saturated carbocycles. The molecule has 0 aliphatic heterocycles. The lowest BCUT2D eigenvalue weighted by atomic mass is 10.1. The second-order valence-electron chi connectivity index (χ2n) is 7.30. The summed E-state index contributed by atoms with van der Waals surface area (Å²) in [6.07, 6.45) is 5.97. The van der Waals surface area contributed by atoms with Crippen LogP contribution in [0.1, 0.15) is 21.6 Å². The number of pyridine rings is 1. The van der Waals surface area contributed by atoms with Gasteiger partial charge in [-0.2, -0.15) is 5.10 Å². The van der Waals surface area contributed by atoms with Gasteiger partial charge in [-0.25, -0.2) is 14.5 Å². The highest BCUT2D eigenvalue weighted by Crippen LogP contribution is 2.34. The second kappa shape index (κ2) is 9.87. The van der Waals surface area contributed by atoms with Crippen LogP contribution >= 0.6 is 0 Å². The van der Waals surface area contributed by atoms with Gasteiger partial charge in [0.25, 0.3) is 5.69 Å². The molecule has 10 nitrogen and oxygen atoms in total. The van der Waals surface area contributed by atoms with Crippen LogP contribution in [0.3, 0.4) is 0 Å². The number of nitrogens with zero attached hydrogens (tertiary/aromatic N) is 4. The normalized spacial score (nSPS) is 10.9. The molecule has 35 heavy (non-hydrogen) atoms. The first-order valence-electron chi connectivity index (χ1n) is 10.3. The summed E-state index contributed by atoms with van der Waals surface area (Å²) in [6, 6.07) is 15.9. The van der Waals surface area contributed by atoms with E-state index in [2.05, 4.69) is 4.98 Å². The van der Waals surface area contributed by atoms with Crippen molar-refractivity contribution < 1.29 is 24.3 Å². The van der Waals surface area contributed by atoms with E-state index >= 15 is 0 Å². The van der Waals surface area contributed by atoms with Gasteiger partial charge in [-0.15, -0.1) is 0 Å². The molecule has 176 valence electrons. The number of hydrogen-bond donors (Lipinski definition) is 1. The SMILES string of the molecule is COc1ccc(-c2nn(-c3ccccc3)cc2C=Cc2ncc([N+](=O)[O-])cc2C(=O)O)cc1OC. The lowest BCUT2D eigenvalue weighted by Gasteiger charge is -2.09. The molecule has 2 heterocycles. The summed E-state index contributed by atoms with van der Waals surface area (Å²) in [7, 11) is 3.09. The first kappa shape index (κ1) is 23.2. The van der Waals surface area contributed by atoms with E-state index in [4.69, 9.17) is 14.6 Å². The number of rotatable bonds is 8. The molecule has 0 atom stereocenters. The molecule has 0 amide bonds. The quantitative estimate of drug-likeness (QED) is 0.288. The summed E-state index contributed by atoms with van der Waals surface area (Å²) in [4.78, 5) is 26.0. The highest BCUT2D eigenvalue weighted by atomic mass is 16.6. The van der Waals surface area contributed by atoms with Crippen molar-refractivity contribution in [2.75, 3.05) is 14.2 Å². The Balaban J connectivity index is 1.83. The van der Waals surface area contributed by atoms with E-state index in [1.165, 1.54) is 6.08 Å². The number of methoxy groups -OCH3 is 2. The highest BCUT2D eigenvalue weighted by Gasteiger charge is 2.17. The van der Waals surface area contributed by atoms with Crippen molar-refractivity contribution in [1.29, 1.82) is 0 Å². The predicted molar refractivity (Wildman–Crippen MR) is 129 cm³/mol. The fourth-order valence-electron chi connectivity index (χ4n) is 3.47. The summed E-state index contributed by atoms with van der Waals surface area (Å²) >= 11 is 0. The number of carboxylic acid groups (broad SMARTS) is 1. The Kier molecular flexibility index (Phi) is 6.54. The summed E-state index contributed by atoms with van der Waals surface area (Å²) in [5.74, 6) is -0.225. The Morgan fingerprint density at radius 3 is 2.46 bits per heavy atom. The molecule has 0 aliphatic rings. The van der Waals surface area contributed by atoms with E-state index in [1.807, 2.05) is 36.4 Å². The monoisotopic (exact) mass is 472 g/mol. The minimum atomic E-state index is -1.32. The number of hydrogen-bond acceptors (Lipinski definition) is 7. The Bertz CT molecular complexity index is 1430. The molecule has 0 radical (unpaired) electrons. The van der Waals surface area contributed by atoms with Crippen LogP contribution in [-0.4, -0.2) is 45.0 Å². The third-order valence-corrected chi connectivity index (χ3v) is 5.19. The second-order valence-corrected chi connectivity index (χ2v) is 7.30. The van der Waals surface area contributed by atoms with Crippen molar-refractivity contribution in [3.63, 3.8) is 0 Å². The average molecular weight is 472 g/mol. The molecule has 0 spiro atoms. The maximum absolute atomic E-state index is 11.7. The third-order valence-electron chi connectivity index (χ3n) is 5.19. The Morgan fingerprint density at radius 2 is 1.80 bits per heavy atom. The van der Waals surface area contributed by atoms with Crippen LogP contribution in [0, 0.1) is 10.1 Å². The molecule has 4 rings (SSSR count). The molecular formula is C25H20N4O6. The van der Waals surface area contributed by atoms with Gasteiger partial charge in [0.1, 0.15) is 11.9 Å². The van der Waals surface area contributed by atoms with E-state index in [-0.39, 0.29) is 11.3 Å². The van der Waals surface area contributed by atoms with E-state index in [1.54, 1.807) is 43.3 Å². The van der Waals surface area contributed by atoms with Gasteiger partial charge in [-0.05, 0) is 42.5 Å². The molecule has 0 aliphatic carbocycles. The van der Waals surface area contributed by atoms with Crippen molar-refractivity contribution in [2.24, 2.45) is 0 Å². The number of para-hydroxylation sites is 1. The number of carbonyl (C=O) groups is 1. The van der Waals surface area contributed by atoms with Gasteiger partial charge in [0.2, 0.25) is 0 Å². The largest absolute Gasteiger partial charge is 0.493 e. The average Bonchev–Trinajstić information content (AvgIpc) is 3.31. The predicted octanol–water partition coefficient (Wildman–Crippen LogP) is 4.73. The fourth-order valence-corrected chi connectivity index (χ4v) is 3.47. The smallest absolute Gasteiger partial charge is 0.338 e. The van der Waals surface area contributed by atoms with Crippen LogP contribution in [0.25, 0.3) is 29.1 Å². The fraction of sp³-hybridized carbons (Fsp3) is 0.0800. The van der Waals surface area contributed by atoms with Gasteiger partial charge < -0.3 is 14.6 Å². The molecule has 1 N–H and O–H groups in total. The summed E-state index contributed by atoms with van der Waals surface area (Å²) in [5, 5.41) is 25.3. The van der Waals surface area contributed by atoms with Gasteiger partial charge >= 0.3 is 5.97 Å². The summed E-state index contributed by atoms with van der Waals surface area (Å²) in [5.41, 5.74) is 2.23. The van der Waals surface area contributed by atoms with Crippen molar-refractivity contribution in [1.82, 2.24) is 14.8 Å². The lowest BCUT2D eigenvalue weighted by Crippen LogP contribution is -2.03. The third kappa shape index (κ3) is 4.86. The first-order valence-corrected chi connectivity index (χ1v) is 10.3. The topological polar surface area (TPSA) is 130 Å². The summed E-state index contributed by atoms with van der Waals surface area (Å²) in [6.45, 7) is 0. The van der Waals surface area contributed by atoms with Gasteiger partial charge in [0.15, 0.2) is 11.5 Å². The lowest BCUT2D eigenvalue weighted by molar-refractivity contribution is -0.385. The molecule has 2 aromatic heterocycles. The zero-order chi connectivity index (χ0) is 24.9. The van der Waals surface area contributed by atoms with Crippen LogP contribution < -0.4 is 9.47 Å². The molecule has 0 fully saturated rings. The van der Waals surface area contributed by atoms with Gasteiger partial charge in [-0.1, -0.05) is 18.2 Å². The number of benzene rings is 2. The standard InChI is InChI=1S/C25H20N4O6/c1-34-22-11-9-16(12-23(22)35-2)24-17(15-28(27-24)18-6-4-3-5-7-18)8-10-21-20(25(30)31)13-19(14-26-21)29(32)33/h3-15H,1-2H3,(H,30,31). The molecule has 0 bridgehead atoms. The molecule has 10 heteroatoms. The van der Waals surface area contributed by atoms with E-state index < -0.39 is 16.6 Å². The van der Waals surface area contributed by atoms with E-state index in [0.29, 0.717) is 22.8 Å². The zero-order valence-corrected chi connectivity index (χ0v) is 18.8. The van der Waals surface area contributed by atoms with Gasteiger partial charge in [0, 0.05) is 23.4 Å². The Morgan fingerprint density at radius 1 is 1.06 bits per heavy atom. The van der Waals surface area contributed by atoms with Crippen molar-refractivity contribution >= 4 is 23.8 Å². The van der Waals surface area contributed by atoms with E-state index in [0.717, 1.165) is 23.5 Å². The molecule has 0 unspecified atom stereocenters. The zero-order valence-electron chi connectivity index (χ0n) is 18.8. The van der Waals surface area contributed by atoms with Crippen LogP contribution in [0.15, 0.2) is 67.0 Å². The number of aromatic nitrogens is 3. The number of aromatic carboxylic acids is 1. The van der Waals surface area contributed by atoms with Crippen molar-refractivity contribution in [3.05, 3.63) is 93.9 Å². The van der Waals surface area contributed by atoms with Crippen LogP contribution in [-0.2, 0) is 0 Å². The highest BCUT2D eigenvalue weighted by molar-refractivity contribution is 5.93. The van der Waals surface area contributed by atoms with Crippen LogP contribution in [0.4, 0.5) is 5.69 Å². The minimum Gasteiger partial charge on any atom is -0.493 e. The minimum absolute atomic E-state index is 0.0776. The molecule has 4 aromatic rings. The van der Waals surface area contributed by atoms with Crippen molar-refractivity contribution in [2.45, 2.75) is 0 Å². The maximum Gasteiger partial charge on any atom is 0.338 e. The molecule has 0 saturated heterocycles. The summed E-state index contributed by atoms with van der Waals surface area (Å²) < 4.78 is 12.4. The van der Waals surface area contributed by atoms with Crippen LogP contribution in [0.2, 0.25) is 0 Å². The Labute approximate surface area is 199 Å².